The van der Waals surface area contributed by atoms with Gasteiger partial charge in [0, 0.05) is 12.5 Å². The van der Waals surface area contributed by atoms with Gasteiger partial charge in [0.2, 0.25) is 9.70 Å². The molecule has 1 heterocycles. The minimum atomic E-state index is -3.05. The molecule has 2 N–H and O–H groups in total. The lowest BCUT2D eigenvalue weighted by atomic mass is 10.1. The highest BCUT2D eigenvalue weighted by Gasteiger charge is 2.38. The molecule has 0 aromatic rings. The van der Waals surface area contributed by atoms with E-state index in [0.29, 0.717) is 12.8 Å². The van der Waals surface area contributed by atoms with Gasteiger partial charge < -0.3 is 5.32 Å². The number of hydrogen-bond acceptors (Lipinski definition) is 4. The Morgan fingerprint density at radius 2 is 1.48 bits per heavy atom. The van der Waals surface area contributed by atoms with Crippen LogP contribution >= 0.6 is 34.8 Å². The van der Waals surface area contributed by atoms with Gasteiger partial charge in [-0.15, -0.1) is 0 Å². The molecule has 1 aliphatic heterocycles. The Morgan fingerprint density at radius 1 is 0.966 bits per heavy atom. The number of rotatable bonds is 15. The average Bonchev–Trinajstić information content (AvgIpc) is 2.97. The van der Waals surface area contributed by atoms with Crippen molar-refractivity contribution in [1.82, 2.24) is 10.6 Å². The Bertz CT molecular complexity index is 568. The largest absolute Gasteiger partial charge is 0.337 e. The van der Waals surface area contributed by atoms with Crippen molar-refractivity contribution in [3.63, 3.8) is 0 Å². The normalized spacial score (nSPS) is 19.9. The van der Waals surface area contributed by atoms with E-state index in [1.165, 1.54) is 51.4 Å². The van der Waals surface area contributed by atoms with Gasteiger partial charge in [0.15, 0.2) is 9.84 Å². The topological polar surface area (TPSA) is 75.3 Å². The van der Waals surface area contributed by atoms with Gasteiger partial charge in [-0.25, -0.2) is 8.42 Å². The third-order valence-corrected chi connectivity index (χ3v) is 7.70. The molecule has 0 aromatic carbocycles. The van der Waals surface area contributed by atoms with Crippen molar-refractivity contribution < 1.29 is 13.2 Å². The summed E-state index contributed by atoms with van der Waals surface area (Å²) in [6.07, 6.45) is 13.3. The summed E-state index contributed by atoms with van der Waals surface area (Å²) in [5, 5.41) is 5.68. The molecular weight excluding hydrogens is 455 g/mol. The second-order valence-corrected chi connectivity index (χ2v) is 12.7. The number of amides is 1. The van der Waals surface area contributed by atoms with Gasteiger partial charge in [-0.1, -0.05) is 106 Å². The summed E-state index contributed by atoms with van der Waals surface area (Å²) in [5.41, 5.74) is 0. The van der Waals surface area contributed by atoms with Crippen LogP contribution in [-0.2, 0) is 14.6 Å². The maximum absolute atomic E-state index is 12.2. The summed E-state index contributed by atoms with van der Waals surface area (Å²) in [7, 11) is -3.05. The minimum Gasteiger partial charge on any atom is -0.337 e. The Labute approximate surface area is 191 Å². The molecular formula is C20H37Cl3N2O3S. The Hall–Kier alpha value is 0.250. The van der Waals surface area contributed by atoms with Gasteiger partial charge in [-0.3, -0.25) is 10.1 Å². The van der Waals surface area contributed by atoms with Crippen LogP contribution in [0.2, 0.25) is 0 Å². The summed E-state index contributed by atoms with van der Waals surface area (Å²) in [6, 6.07) is -0.317. The number of unbranched alkanes of at least 4 members (excludes halogenated alkanes) is 10. The zero-order valence-corrected chi connectivity index (χ0v) is 20.6. The molecule has 0 bridgehead atoms. The Morgan fingerprint density at radius 3 is 1.93 bits per heavy atom. The molecule has 1 saturated heterocycles. The third-order valence-electron chi connectivity index (χ3n) is 5.27. The summed E-state index contributed by atoms with van der Waals surface area (Å²) in [5.74, 6) is -0.0755. The van der Waals surface area contributed by atoms with Crippen molar-refractivity contribution in [3.05, 3.63) is 0 Å². The number of sulfone groups is 1. The molecule has 0 spiro atoms. The third kappa shape index (κ3) is 13.3. The molecule has 0 radical (unpaired) electrons. The summed E-state index contributed by atoms with van der Waals surface area (Å²) in [6.45, 7) is 2.23. The fourth-order valence-electron chi connectivity index (χ4n) is 3.56. The standard InChI is InChI=1S/C20H37Cl3N2O3S/c1-2-3-4-5-6-7-8-9-10-11-12-13-18(26)25-19(20(21,22)23)24-17-14-15-29(27,28)16-17/h17,19,24H,2-16H2,1H3,(H,25,26)/t17-,19-/m0/s1. The molecule has 0 aromatic heterocycles. The molecule has 9 heteroatoms. The second kappa shape index (κ2) is 14.3. The lowest BCUT2D eigenvalue weighted by Crippen LogP contribution is -2.56. The molecule has 1 fully saturated rings. The lowest BCUT2D eigenvalue weighted by Gasteiger charge is -2.29. The molecule has 29 heavy (non-hydrogen) atoms. The first-order valence-electron chi connectivity index (χ1n) is 11.0. The van der Waals surface area contributed by atoms with Gasteiger partial charge in [0.25, 0.3) is 0 Å². The maximum atomic E-state index is 12.2. The van der Waals surface area contributed by atoms with Crippen LogP contribution < -0.4 is 10.6 Å². The molecule has 2 atom stereocenters. The van der Waals surface area contributed by atoms with Crippen molar-refractivity contribution in [2.75, 3.05) is 11.5 Å². The maximum Gasteiger partial charge on any atom is 0.223 e. The molecule has 1 amide bonds. The van der Waals surface area contributed by atoms with Crippen molar-refractivity contribution >= 4 is 50.5 Å². The van der Waals surface area contributed by atoms with Crippen molar-refractivity contribution in [2.45, 2.75) is 106 Å². The van der Waals surface area contributed by atoms with E-state index in [1.54, 1.807) is 0 Å². The molecule has 0 aliphatic carbocycles. The van der Waals surface area contributed by atoms with Crippen LogP contribution in [0.1, 0.15) is 90.4 Å². The molecule has 0 unspecified atom stereocenters. The van der Waals surface area contributed by atoms with E-state index < -0.39 is 19.8 Å². The first-order chi connectivity index (χ1) is 13.6. The zero-order chi connectivity index (χ0) is 21.8. The van der Waals surface area contributed by atoms with Crippen molar-refractivity contribution in [2.24, 2.45) is 0 Å². The highest BCUT2D eigenvalue weighted by atomic mass is 35.6. The van der Waals surface area contributed by atoms with Crippen LogP contribution in [-0.4, -0.2) is 41.8 Å². The highest BCUT2D eigenvalue weighted by Crippen LogP contribution is 2.30. The van der Waals surface area contributed by atoms with Crippen LogP contribution in [0.25, 0.3) is 0 Å². The molecule has 172 valence electrons. The molecule has 1 aliphatic rings. The summed E-state index contributed by atoms with van der Waals surface area (Å²) in [4.78, 5) is 12.2. The SMILES string of the molecule is CCCCCCCCCCCCCC(=O)N[C@H](N[C@H]1CCS(=O)(=O)C1)C(Cl)(Cl)Cl. The number of carbonyl (C=O) groups excluding carboxylic acids is 1. The molecule has 0 saturated carbocycles. The number of hydrogen-bond donors (Lipinski definition) is 2. The van der Waals surface area contributed by atoms with Crippen LogP contribution in [0.3, 0.4) is 0 Å². The van der Waals surface area contributed by atoms with E-state index in [-0.39, 0.29) is 23.5 Å². The van der Waals surface area contributed by atoms with E-state index in [0.717, 1.165) is 19.3 Å². The molecule has 1 rings (SSSR count). The lowest BCUT2D eigenvalue weighted by molar-refractivity contribution is -0.122. The zero-order valence-electron chi connectivity index (χ0n) is 17.5. The fraction of sp³-hybridized carbons (Fsp3) is 0.950. The van der Waals surface area contributed by atoms with E-state index in [9.17, 15) is 13.2 Å². The summed E-state index contributed by atoms with van der Waals surface area (Å²) >= 11 is 17.9. The van der Waals surface area contributed by atoms with E-state index in [1.807, 2.05) is 0 Å². The Kier molecular flexibility index (Phi) is 13.5. The van der Waals surface area contributed by atoms with Crippen molar-refractivity contribution in [3.8, 4) is 0 Å². The second-order valence-electron chi connectivity index (χ2n) is 8.09. The number of halogens is 3. The predicted molar refractivity (Wildman–Crippen MR) is 123 cm³/mol. The van der Waals surface area contributed by atoms with Gasteiger partial charge in [0.1, 0.15) is 6.17 Å². The van der Waals surface area contributed by atoms with Gasteiger partial charge in [0.05, 0.1) is 11.5 Å². The van der Waals surface area contributed by atoms with Gasteiger partial charge >= 0.3 is 0 Å². The predicted octanol–water partition coefficient (Wildman–Crippen LogP) is 5.28. The fourth-order valence-corrected chi connectivity index (χ4v) is 5.60. The van der Waals surface area contributed by atoms with E-state index in [4.69, 9.17) is 34.8 Å². The van der Waals surface area contributed by atoms with Crippen LogP contribution in [0.15, 0.2) is 0 Å². The van der Waals surface area contributed by atoms with Crippen molar-refractivity contribution in [1.29, 1.82) is 0 Å². The minimum absolute atomic E-state index is 0.00127. The molecule has 5 nitrogen and oxygen atoms in total. The number of alkyl halides is 3. The first-order valence-corrected chi connectivity index (χ1v) is 13.9. The average molecular weight is 492 g/mol. The van der Waals surface area contributed by atoms with Gasteiger partial charge in [-0.05, 0) is 12.8 Å². The summed E-state index contributed by atoms with van der Waals surface area (Å²) < 4.78 is 21.4. The quantitative estimate of drug-likeness (QED) is 0.186. The van der Waals surface area contributed by atoms with Crippen LogP contribution in [0.5, 0.6) is 0 Å². The van der Waals surface area contributed by atoms with Gasteiger partial charge in [-0.2, -0.15) is 0 Å². The Balaban J connectivity index is 2.16. The van der Waals surface area contributed by atoms with Crippen LogP contribution in [0, 0.1) is 0 Å². The van der Waals surface area contributed by atoms with E-state index >= 15 is 0 Å². The number of carbonyl (C=O) groups is 1. The van der Waals surface area contributed by atoms with E-state index in [2.05, 4.69) is 17.6 Å². The monoisotopic (exact) mass is 490 g/mol. The van der Waals surface area contributed by atoms with Crippen LogP contribution in [0.4, 0.5) is 0 Å². The smallest absolute Gasteiger partial charge is 0.223 e. The number of nitrogens with one attached hydrogen (secondary N) is 2. The highest BCUT2D eigenvalue weighted by molar-refractivity contribution is 7.91. The first kappa shape index (κ1) is 27.3.